The average Bonchev–Trinajstić information content (AvgIpc) is 2.86. The molecular formula is C24H42FeN6O9. The minimum atomic E-state index is -1.000. The van der Waals surface area contributed by atoms with Crippen molar-refractivity contribution in [2.75, 3.05) is 39.3 Å². The second kappa shape index (κ2) is 24.0. The smallest absolute Gasteiger partial charge is 0.283 e. The second-order valence-electron chi connectivity index (χ2n) is 7.21. The van der Waals surface area contributed by atoms with E-state index in [-0.39, 0.29) is 17.1 Å². The van der Waals surface area contributed by atoms with Crippen LogP contribution in [-0.2, 0) is 45.8 Å². The molecule has 0 aliphatic carbocycles. The van der Waals surface area contributed by atoms with Crippen molar-refractivity contribution in [1.82, 2.24) is 14.7 Å². The van der Waals surface area contributed by atoms with E-state index in [4.69, 9.17) is 32.5 Å². The normalized spacial score (nSPS) is 10.8. The Kier molecular flexibility index (Phi) is 25.9. The van der Waals surface area contributed by atoms with Crippen molar-refractivity contribution in [2.24, 2.45) is 17.2 Å². The van der Waals surface area contributed by atoms with Crippen LogP contribution >= 0.6 is 0 Å². The van der Waals surface area contributed by atoms with Gasteiger partial charge in [0.1, 0.15) is 0 Å². The Labute approximate surface area is 244 Å². The number of hydrogen-bond donors (Lipinski definition) is 6. The van der Waals surface area contributed by atoms with Crippen molar-refractivity contribution in [3.8, 4) is 0 Å². The van der Waals surface area contributed by atoms with E-state index in [1.807, 2.05) is 0 Å². The van der Waals surface area contributed by atoms with Gasteiger partial charge in [0.15, 0.2) is 17.3 Å². The molecule has 40 heavy (non-hydrogen) atoms. The number of carbonyl (C=O) groups is 6. The zero-order chi connectivity index (χ0) is 31.3. The zero-order valence-corrected chi connectivity index (χ0v) is 24.8. The monoisotopic (exact) mass is 614 g/mol. The molecule has 0 unspecified atom stereocenters. The van der Waals surface area contributed by atoms with Gasteiger partial charge in [0, 0.05) is 56.3 Å². The van der Waals surface area contributed by atoms with Gasteiger partial charge in [-0.15, -0.1) is 0 Å². The van der Waals surface area contributed by atoms with Gasteiger partial charge in [-0.1, -0.05) is 0 Å². The van der Waals surface area contributed by atoms with Crippen molar-refractivity contribution in [3.05, 3.63) is 35.5 Å². The number of primary amides is 3. The molecule has 0 aliphatic heterocycles. The first-order valence-corrected chi connectivity index (χ1v) is 12.1. The Bertz CT molecular complexity index is 820. The van der Waals surface area contributed by atoms with Crippen LogP contribution in [0.15, 0.2) is 35.5 Å². The summed E-state index contributed by atoms with van der Waals surface area (Å²) >= 11 is 0. The van der Waals surface area contributed by atoms with E-state index < -0.39 is 52.7 Å². The van der Waals surface area contributed by atoms with Crippen molar-refractivity contribution in [1.29, 1.82) is 0 Å². The number of aliphatic hydroxyl groups excluding tert-OH is 3. The molecule has 16 heteroatoms. The number of carbonyl (C=O) groups excluding carboxylic acids is 6. The molecule has 6 amide bonds. The quantitative estimate of drug-likeness (QED) is 0.0926. The maximum Gasteiger partial charge on any atom is 0.283 e. The van der Waals surface area contributed by atoms with Gasteiger partial charge in [0.25, 0.3) is 17.7 Å². The van der Waals surface area contributed by atoms with Gasteiger partial charge in [0.05, 0.1) is 18.2 Å². The molecule has 0 spiro atoms. The molecule has 9 N–H and O–H groups in total. The third kappa shape index (κ3) is 19.1. The molecule has 0 aromatic heterocycles. The fraction of sp³-hybridized carbons (Fsp3) is 0.500. The van der Waals surface area contributed by atoms with E-state index in [9.17, 15) is 28.8 Å². The predicted molar refractivity (Wildman–Crippen MR) is 144 cm³/mol. The van der Waals surface area contributed by atoms with Crippen LogP contribution in [0.3, 0.4) is 0 Å². The summed E-state index contributed by atoms with van der Waals surface area (Å²) in [5.41, 5.74) is 14.2. The van der Waals surface area contributed by atoms with Gasteiger partial charge >= 0.3 is 0 Å². The van der Waals surface area contributed by atoms with E-state index in [1.54, 1.807) is 41.5 Å². The first-order valence-electron chi connectivity index (χ1n) is 12.1. The summed E-state index contributed by atoms with van der Waals surface area (Å²) in [5.74, 6) is -6.38. The largest absolute Gasteiger partial charge is 0.503 e. The van der Waals surface area contributed by atoms with Gasteiger partial charge in [0.2, 0.25) is 17.7 Å². The number of hydrogen-bond acceptors (Lipinski definition) is 9. The van der Waals surface area contributed by atoms with Crippen LogP contribution in [0.4, 0.5) is 0 Å². The molecule has 0 aromatic carbocycles. The van der Waals surface area contributed by atoms with Gasteiger partial charge < -0.3 is 47.2 Å². The molecule has 0 aromatic rings. The molecule has 0 bridgehead atoms. The van der Waals surface area contributed by atoms with Crippen LogP contribution < -0.4 is 17.2 Å². The SMILES string of the molecule is CCN(CC)C(=O)C=C(O)C(N)=O.CCN(CC)C(=O)C=C(O)C(N)=O.CCN(CC)C(=O)C=C(O)C(N)=O.[Fe]. The fourth-order valence-corrected chi connectivity index (χ4v) is 2.44. The predicted octanol–water partition coefficient (Wildman–Crippen LogP) is -0.656. The van der Waals surface area contributed by atoms with Gasteiger partial charge in [-0.25, -0.2) is 0 Å². The fourth-order valence-electron chi connectivity index (χ4n) is 2.44. The first kappa shape index (κ1) is 43.0. The van der Waals surface area contributed by atoms with Crippen molar-refractivity contribution < 1.29 is 61.2 Å². The maximum atomic E-state index is 11.2. The molecular weight excluding hydrogens is 572 g/mol. The van der Waals surface area contributed by atoms with Crippen LogP contribution in [0.1, 0.15) is 41.5 Å². The summed E-state index contributed by atoms with van der Waals surface area (Å²) in [7, 11) is 0. The van der Waals surface area contributed by atoms with E-state index in [2.05, 4.69) is 0 Å². The standard InChI is InChI=1S/3C8H14N2O3.Fe/c3*1-3-10(4-2)7(12)5-6(11)8(9)13;/h3*5,11H,3-4H2,1-2H3,(H2,9,13);. The molecule has 0 rings (SSSR count). The van der Waals surface area contributed by atoms with Gasteiger partial charge in [-0.05, 0) is 41.5 Å². The zero-order valence-electron chi connectivity index (χ0n) is 23.7. The van der Waals surface area contributed by atoms with Gasteiger partial charge in [-0.3, -0.25) is 28.8 Å². The van der Waals surface area contributed by atoms with Crippen LogP contribution in [0.5, 0.6) is 0 Å². The van der Waals surface area contributed by atoms with E-state index in [0.29, 0.717) is 39.3 Å². The Morgan fingerprint density at radius 1 is 0.475 bits per heavy atom. The molecule has 0 atom stereocenters. The van der Waals surface area contributed by atoms with Crippen LogP contribution in [0, 0.1) is 0 Å². The molecule has 0 radical (unpaired) electrons. The van der Waals surface area contributed by atoms with E-state index in [0.717, 1.165) is 18.2 Å². The number of nitrogens with two attached hydrogens (primary N) is 3. The van der Waals surface area contributed by atoms with Crippen molar-refractivity contribution >= 4 is 35.4 Å². The Balaban J connectivity index is -0.000000240. The number of amides is 6. The molecule has 15 nitrogen and oxygen atoms in total. The number of rotatable bonds is 12. The molecule has 0 saturated heterocycles. The Morgan fingerprint density at radius 3 is 0.725 bits per heavy atom. The number of aliphatic hydroxyl groups is 3. The maximum absolute atomic E-state index is 11.2. The molecule has 230 valence electrons. The minimum absolute atomic E-state index is 0. The summed E-state index contributed by atoms with van der Waals surface area (Å²) in [6.45, 7) is 14.0. The molecule has 0 saturated carbocycles. The minimum Gasteiger partial charge on any atom is -0.503 e. The third-order valence-corrected chi connectivity index (χ3v) is 4.76. The van der Waals surface area contributed by atoms with E-state index >= 15 is 0 Å². The number of nitrogens with zero attached hydrogens (tertiary/aromatic N) is 3. The van der Waals surface area contributed by atoms with Crippen LogP contribution in [0.25, 0.3) is 0 Å². The Morgan fingerprint density at radius 2 is 0.625 bits per heavy atom. The van der Waals surface area contributed by atoms with Crippen molar-refractivity contribution in [2.45, 2.75) is 41.5 Å². The summed E-state index contributed by atoms with van der Waals surface area (Å²) in [6.07, 6.45) is 2.49. The molecule has 0 heterocycles. The summed E-state index contributed by atoms with van der Waals surface area (Å²) in [4.78, 5) is 69.1. The second-order valence-corrected chi connectivity index (χ2v) is 7.21. The molecule has 0 fully saturated rings. The van der Waals surface area contributed by atoms with E-state index in [1.165, 1.54) is 14.7 Å². The summed E-state index contributed by atoms with van der Waals surface area (Å²) in [5, 5.41) is 26.6. The summed E-state index contributed by atoms with van der Waals surface area (Å²) < 4.78 is 0. The van der Waals surface area contributed by atoms with Crippen LogP contribution in [0.2, 0.25) is 0 Å². The number of likely N-dealkylation sites (N-methyl/N-ethyl adjacent to an activating group) is 3. The molecule has 0 aliphatic rings. The van der Waals surface area contributed by atoms with Crippen LogP contribution in [-0.4, -0.2) is 105 Å². The average molecular weight is 614 g/mol. The first-order chi connectivity index (χ1) is 18.1. The van der Waals surface area contributed by atoms with Gasteiger partial charge in [-0.2, -0.15) is 0 Å². The third-order valence-electron chi connectivity index (χ3n) is 4.76. The topological polar surface area (TPSA) is 251 Å². The summed E-state index contributed by atoms with van der Waals surface area (Å²) in [6, 6.07) is 0. The van der Waals surface area contributed by atoms with Crippen molar-refractivity contribution in [3.63, 3.8) is 0 Å². The Hall–Kier alpha value is -4.04.